The molecule has 0 atom stereocenters. The topological polar surface area (TPSA) is 70.7 Å². The SMILES string of the molecule is CCOc1ccc(NC(=S)NCCCN(C)S(=O)(=O)CC)cc1. The second-order valence-corrected chi connectivity index (χ2v) is 7.69. The van der Waals surface area contributed by atoms with Gasteiger partial charge in [-0.25, -0.2) is 12.7 Å². The van der Waals surface area contributed by atoms with Crippen molar-refractivity contribution in [3.05, 3.63) is 24.3 Å². The summed E-state index contributed by atoms with van der Waals surface area (Å²) in [7, 11) is -1.52. The molecule has 0 aliphatic carbocycles. The molecular weight excluding hydrogens is 334 g/mol. The molecule has 0 aliphatic rings. The van der Waals surface area contributed by atoms with Crippen molar-refractivity contribution in [3.63, 3.8) is 0 Å². The summed E-state index contributed by atoms with van der Waals surface area (Å²) >= 11 is 5.21. The summed E-state index contributed by atoms with van der Waals surface area (Å²) < 4.78 is 29.9. The smallest absolute Gasteiger partial charge is 0.213 e. The Labute approximate surface area is 144 Å². The Kier molecular flexibility index (Phi) is 8.29. The first-order chi connectivity index (χ1) is 10.9. The Hall–Kier alpha value is -1.38. The van der Waals surface area contributed by atoms with Crippen molar-refractivity contribution in [2.75, 3.05) is 37.8 Å². The monoisotopic (exact) mass is 359 g/mol. The van der Waals surface area contributed by atoms with Crippen LogP contribution < -0.4 is 15.4 Å². The number of thiocarbonyl (C=S) groups is 1. The van der Waals surface area contributed by atoms with Crippen LogP contribution in [0.2, 0.25) is 0 Å². The highest BCUT2D eigenvalue weighted by molar-refractivity contribution is 7.89. The second kappa shape index (κ2) is 9.69. The van der Waals surface area contributed by atoms with Crippen LogP contribution in [0.4, 0.5) is 5.69 Å². The third-order valence-electron chi connectivity index (χ3n) is 3.20. The van der Waals surface area contributed by atoms with Gasteiger partial charge in [-0.3, -0.25) is 0 Å². The van der Waals surface area contributed by atoms with E-state index in [9.17, 15) is 8.42 Å². The van der Waals surface area contributed by atoms with Gasteiger partial charge in [-0.2, -0.15) is 0 Å². The highest BCUT2D eigenvalue weighted by Crippen LogP contribution is 2.15. The van der Waals surface area contributed by atoms with Crippen molar-refractivity contribution in [3.8, 4) is 5.75 Å². The maximum atomic E-state index is 11.6. The van der Waals surface area contributed by atoms with E-state index in [0.29, 0.717) is 31.2 Å². The molecule has 0 radical (unpaired) electrons. The first-order valence-corrected chi connectivity index (χ1v) is 9.62. The number of rotatable bonds is 9. The molecule has 0 saturated carbocycles. The van der Waals surface area contributed by atoms with Gasteiger partial charge in [-0.05, 0) is 56.8 Å². The van der Waals surface area contributed by atoms with Gasteiger partial charge in [0.15, 0.2) is 5.11 Å². The molecule has 0 aliphatic heterocycles. The third-order valence-corrected chi connectivity index (χ3v) is 5.31. The van der Waals surface area contributed by atoms with Gasteiger partial charge in [0.2, 0.25) is 10.0 Å². The van der Waals surface area contributed by atoms with Crippen molar-refractivity contribution in [2.45, 2.75) is 20.3 Å². The minimum absolute atomic E-state index is 0.120. The van der Waals surface area contributed by atoms with Gasteiger partial charge in [0, 0.05) is 25.8 Å². The molecule has 0 bridgehead atoms. The molecule has 1 aromatic carbocycles. The minimum atomic E-state index is -3.11. The lowest BCUT2D eigenvalue weighted by Gasteiger charge is -2.16. The predicted octanol–water partition coefficient (Wildman–Crippen LogP) is 2.04. The van der Waals surface area contributed by atoms with Crippen LogP contribution in [0.25, 0.3) is 0 Å². The summed E-state index contributed by atoms with van der Waals surface area (Å²) in [6.07, 6.45) is 0.681. The fraction of sp³-hybridized carbons (Fsp3) is 0.533. The zero-order chi connectivity index (χ0) is 17.3. The quantitative estimate of drug-likeness (QED) is 0.519. The Morgan fingerprint density at radius 1 is 1.26 bits per heavy atom. The molecule has 6 nitrogen and oxygen atoms in total. The molecule has 23 heavy (non-hydrogen) atoms. The Balaban J connectivity index is 2.29. The molecule has 2 N–H and O–H groups in total. The average Bonchev–Trinajstić information content (AvgIpc) is 2.53. The van der Waals surface area contributed by atoms with Crippen molar-refractivity contribution >= 4 is 33.0 Å². The van der Waals surface area contributed by atoms with Crippen molar-refractivity contribution in [2.24, 2.45) is 0 Å². The molecule has 0 unspecified atom stereocenters. The van der Waals surface area contributed by atoms with E-state index in [4.69, 9.17) is 17.0 Å². The Morgan fingerprint density at radius 2 is 1.91 bits per heavy atom. The van der Waals surface area contributed by atoms with Gasteiger partial charge in [-0.1, -0.05) is 0 Å². The van der Waals surface area contributed by atoms with E-state index in [-0.39, 0.29) is 5.75 Å². The van der Waals surface area contributed by atoms with Gasteiger partial charge >= 0.3 is 0 Å². The first kappa shape index (κ1) is 19.7. The normalized spacial score (nSPS) is 11.3. The van der Waals surface area contributed by atoms with Gasteiger partial charge in [0.1, 0.15) is 5.75 Å². The van der Waals surface area contributed by atoms with Crippen LogP contribution in [0.3, 0.4) is 0 Å². The molecule has 0 saturated heterocycles. The largest absolute Gasteiger partial charge is 0.494 e. The number of benzene rings is 1. The molecular formula is C15H25N3O3S2. The van der Waals surface area contributed by atoms with E-state index in [0.717, 1.165) is 11.4 Å². The number of hydrogen-bond acceptors (Lipinski definition) is 4. The van der Waals surface area contributed by atoms with Gasteiger partial charge in [0.25, 0.3) is 0 Å². The fourth-order valence-electron chi connectivity index (χ4n) is 1.84. The lowest BCUT2D eigenvalue weighted by molar-refractivity contribution is 0.340. The van der Waals surface area contributed by atoms with E-state index in [1.807, 2.05) is 31.2 Å². The van der Waals surface area contributed by atoms with Crippen molar-refractivity contribution in [1.82, 2.24) is 9.62 Å². The zero-order valence-electron chi connectivity index (χ0n) is 13.8. The predicted molar refractivity (Wildman–Crippen MR) is 98.5 cm³/mol. The summed E-state index contributed by atoms with van der Waals surface area (Å²) in [5, 5.41) is 6.65. The fourth-order valence-corrected chi connectivity index (χ4v) is 2.91. The second-order valence-electron chi connectivity index (χ2n) is 4.91. The average molecular weight is 360 g/mol. The number of anilines is 1. The number of nitrogens with one attached hydrogen (secondary N) is 2. The van der Waals surface area contributed by atoms with Crippen molar-refractivity contribution in [1.29, 1.82) is 0 Å². The molecule has 8 heteroatoms. The number of nitrogens with zero attached hydrogens (tertiary/aromatic N) is 1. The summed E-state index contributed by atoms with van der Waals surface area (Å²) in [6, 6.07) is 7.53. The Bertz CT molecular complexity index is 588. The number of hydrogen-bond donors (Lipinski definition) is 2. The molecule has 0 amide bonds. The highest BCUT2D eigenvalue weighted by atomic mass is 32.2. The Morgan fingerprint density at radius 3 is 2.48 bits per heavy atom. The first-order valence-electron chi connectivity index (χ1n) is 7.60. The van der Waals surface area contributed by atoms with Crippen LogP contribution in [0.1, 0.15) is 20.3 Å². The molecule has 0 aromatic heterocycles. The number of sulfonamides is 1. The van der Waals surface area contributed by atoms with E-state index in [1.165, 1.54) is 4.31 Å². The van der Waals surface area contributed by atoms with Crippen LogP contribution in [0, 0.1) is 0 Å². The van der Waals surface area contributed by atoms with Gasteiger partial charge in [0.05, 0.1) is 12.4 Å². The van der Waals surface area contributed by atoms with Crippen molar-refractivity contribution < 1.29 is 13.2 Å². The molecule has 0 spiro atoms. The standard InChI is InChI=1S/C15H25N3O3S2/c1-4-21-14-9-7-13(8-10-14)17-15(22)16-11-6-12-18(3)23(19,20)5-2/h7-10H,4-6,11-12H2,1-3H3,(H2,16,17,22). The van der Waals surface area contributed by atoms with E-state index in [1.54, 1.807) is 14.0 Å². The van der Waals surface area contributed by atoms with Crippen LogP contribution >= 0.6 is 12.2 Å². The van der Waals surface area contributed by atoms with Crippen LogP contribution in [-0.4, -0.2) is 50.3 Å². The lowest BCUT2D eigenvalue weighted by atomic mass is 10.3. The molecule has 1 rings (SSSR count). The molecule has 1 aromatic rings. The summed E-state index contributed by atoms with van der Waals surface area (Å²) in [4.78, 5) is 0. The van der Waals surface area contributed by atoms with Gasteiger partial charge < -0.3 is 15.4 Å². The van der Waals surface area contributed by atoms with Crippen LogP contribution in [0.5, 0.6) is 5.75 Å². The zero-order valence-corrected chi connectivity index (χ0v) is 15.5. The summed E-state index contributed by atoms with van der Waals surface area (Å²) in [6.45, 7) is 5.28. The van der Waals surface area contributed by atoms with E-state index in [2.05, 4.69) is 10.6 Å². The number of ether oxygens (including phenoxy) is 1. The molecule has 0 fully saturated rings. The third kappa shape index (κ3) is 7.15. The summed E-state index contributed by atoms with van der Waals surface area (Å²) in [5.41, 5.74) is 0.872. The summed E-state index contributed by atoms with van der Waals surface area (Å²) in [5.74, 6) is 0.936. The lowest BCUT2D eigenvalue weighted by Crippen LogP contribution is -2.33. The minimum Gasteiger partial charge on any atom is -0.494 e. The maximum absolute atomic E-state index is 11.6. The molecule has 0 heterocycles. The molecule has 130 valence electrons. The van der Waals surface area contributed by atoms with Crippen LogP contribution in [0.15, 0.2) is 24.3 Å². The highest BCUT2D eigenvalue weighted by Gasteiger charge is 2.13. The maximum Gasteiger partial charge on any atom is 0.213 e. The van der Waals surface area contributed by atoms with Gasteiger partial charge in [-0.15, -0.1) is 0 Å². The van der Waals surface area contributed by atoms with E-state index < -0.39 is 10.0 Å². The van der Waals surface area contributed by atoms with Crippen LogP contribution in [-0.2, 0) is 10.0 Å². The van der Waals surface area contributed by atoms with E-state index >= 15 is 0 Å².